The fourth-order valence-electron chi connectivity index (χ4n) is 4.45. The lowest BCUT2D eigenvalue weighted by molar-refractivity contribution is -0.138. The zero-order chi connectivity index (χ0) is 26.4. The number of alkyl halides is 3. The van der Waals surface area contributed by atoms with Gasteiger partial charge in [0.05, 0.1) is 18.2 Å². The molecule has 2 atom stereocenters. The number of anilines is 1. The molecular weight excluding hydrogens is 516 g/mol. The molecule has 0 N–H and O–H groups in total. The van der Waals surface area contributed by atoms with E-state index in [0.29, 0.717) is 43.6 Å². The molecule has 2 saturated heterocycles. The van der Waals surface area contributed by atoms with Crippen molar-refractivity contribution in [2.75, 3.05) is 30.8 Å². The summed E-state index contributed by atoms with van der Waals surface area (Å²) in [5.74, 6) is -4.83. The Hall–Kier alpha value is -3.03. The van der Waals surface area contributed by atoms with Crippen LogP contribution in [0, 0.1) is 17.5 Å². The Morgan fingerprint density at radius 3 is 2.36 bits per heavy atom. The van der Waals surface area contributed by atoms with Crippen LogP contribution in [0.25, 0.3) is 0 Å². The van der Waals surface area contributed by atoms with E-state index in [4.69, 9.17) is 4.74 Å². The molecular formula is C22H21F6N3O4S. The van der Waals surface area contributed by atoms with Crippen LogP contribution < -0.4 is 9.64 Å². The highest BCUT2D eigenvalue weighted by Gasteiger charge is 2.40. The molecule has 0 saturated carbocycles. The number of halogens is 6. The number of benzene rings is 1. The van der Waals surface area contributed by atoms with Crippen molar-refractivity contribution in [1.29, 1.82) is 0 Å². The molecule has 7 nitrogen and oxygen atoms in total. The van der Waals surface area contributed by atoms with Gasteiger partial charge in [0.25, 0.3) is 0 Å². The lowest BCUT2D eigenvalue weighted by atomic mass is 9.99. The fourth-order valence-corrected chi connectivity index (χ4v) is 5.19. The van der Waals surface area contributed by atoms with Crippen molar-refractivity contribution < 1.29 is 44.3 Å². The van der Waals surface area contributed by atoms with Gasteiger partial charge in [0.1, 0.15) is 16.8 Å². The van der Waals surface area contributed by atoms with Crippen molar-refractivity contribution in [3.63, 3.8) is 0 Å². The monoisotopic (exact) mass is 537 g/mol. The second-order valence-electron chi connectivity index (χ2n) is 8.66. The molecule has 2 fully saturated rings. The molecule has 3 heterocycles. The molecule has 1 amide bonds. The maximum atomic E-state index is 14.7. The molecule has 14 heteroatoms. The highest BCUT2D eigenvalue weighted by molar-refractivity contribution is 7.90. The van der Waals surface area contributed by atoms with Crippen LogP contribution in [-0.4, -0.2) is 62.2 Å². The molecule has 1 aromatic heterocycles. The Morgan fingerprint density at radius 1 is 1.06 bits per heavy atom. The van der Waals surface area contributed by atoms with Gasteiger partial charge in [-0.15, -0.1) is 0 Å². The van der Waals surface area contributed by atoms with Gasteiger partial charge in [-0.2, -0.15) is 13.2 Å². The summed E-state index contributed by atoms with van der Waals surface area (Å²) in [7, 11) is -4.06. The molecule has 1 aromatic carbocycles. The minimum Gasteiger partial charge on any atom is -0.483 e. The number of ether oxygens (including phenoxy) is 1. The van der Waals surface area contributed by atoms with Gasteiger partial charge in [0.2, 0.25) is 5.91 Å². The molecule has 36 heavy (non-hydrogen) atoms. The normalized spacial score (nSPS) is 21.2. The second kappa shape index (κ2) is 9.45. The third-order valence-electron chi connectivity index (χ3n) is 6.15. The van der Waals surface area contributed by atoms with Crippen LogP contribution in [0.15, 0.2) is 29.3 Å². The van der Waals surface area contributed by atoms with Crippen LogP contribution in [0.2, 0.25) is 0 Å². The number of hydrogen-bond donors (Lipinski definition) is 0. The SMILES string of the molecule is CS(=O)(=O)c1cc(F)c(O[C@@H]2CN(c3ncc(C(F)(F)F)cc3F)CCC2N2CCCC2=O)cc1F. The van der Waals surface area contributed by atoms with Gasteiger partial charge >= 0.3 is 6.18 Å². The topological polar surface area (TPSA) is 79.8 Å². The minimum absolute atomic E-state index is 0.105. The van der Waals surface area contributed by atoms with E-state index in [-0.39, 0.29) is 37.7 Å². The van der Waals surface area contributed by atoms with Crippen molar-refractivity contribution in [1.82, 2.24) is 9.88 Å². The number of piperidine rings is 1. The molecule has 196 valence electrons. The molecule has 0 aliphatic carbocycles. The molecule has 0 bridgehead atoms. The number of carbonyl (C=O) groups excluding carboxylic acids is 1. The van der Waals surface area contributed by atoms with Crippen LogP contribution in [0.5, 0.6) is 5.75 Å². The number of rotatable bonds is 5. The number of aromatic nitrogens is 1. The quantitative estimate of drug-likeness (QED) is 0.543. The van der Waals surface area contributed by atoms with Crippen molar-refractivity contribution in [3.05, 3.63) is 47.4 Å². The highest BCUT2D eigenvalue weighted by Crippen LogP contribution is 2.34. The maximum absolute atomic E-state index is 14.7. The lowest BCUT2D eigenvalue weighted by Crippen LogP contribution is -2.57. The van der Waals surface area contributed by atoms with E-state index >= 15 is 0 Å². The van der Waals surface area contributed by atoms with E-state index in [2.05, 4.69) is 4.98 Å². The smallest absolute Gasteiger partial charge is 0.417 e. The molecule has 4 rings (SSSR count). The van der Waals surface area contributed by atoms with E-state index in [0.717, 1.165) is 0 Å². The molecule has 2 aliphatic heterocycles. The molecule has 0 spiro atoms. The number of amides is 1. The Bertz CT molecular complexity index is 1290. The summed E-state index contributed by atoms with van der Waals surface area (Å²) < 4.78 is 111. The first-order valence-electron chi connectivity index (χ1n) is 10.9. The summed E-state index contributed by atoms with van der Waals surface area (Å²) in [4.78, 5) is 17.9. The Kier molecular flexibility index (Phi) is 6.84. The average Bonchev–Trinajstić information content (AvgIpc) is 3.20. The lowest BCUT2D eigenvalue weighted by Gasteiger charge is -2.42. The third kappa shape index (κ3) is 5.22. The van der Waals surface area contributed by atoms with Crippen molar-refractivity contribution in [2.24, 2.45) is 0 Å². The zero-order valence-corrected chi connectivity index (χ0v) is 19.7. The first-order chi connectivity index (χ1) is 16.8. The summed E-state index contributed by atoms with van der Waals surface area (Å²) in [5.41, 5.74) is -1.27. The number of likely N-dealkylation sites (tertiary alicyclic amines) is 1. The molecule has 1 unspecified atom stereocenters. The number of pyridine rings is 1. The van der Waals surface area contributed by atoms with E-state index in [1.807, 2.05) is 0 Å². The van der Waals surface area contributed by atoms with Gasteiger partial charge in [0.15, 0.2) is 33.0 Å². The van der Waals surface area contributed by atoms with Gasteiger partial charge < -0.3 is 14.5 Å². The number of carbonyl (C=O) groups is 1. The van der Waals surface area contributed by atoms with Crippen LogP contribution >= 0.6 is 0 Å². The zero-order valence-electron chi connectivity index (χ0n) is 18.9. The summed E-state index contributed by atoms with van der Waals surface area (Å²) in [6.07, 6.45) is -3.59. The number of hydrogen-bond acceptors (Lipinski definition) is 6. The van der Waals surface area contributed by atoms with Crippen molar-refractivity contribution in [3.8, 4) is 5.75 Å². The molecule has 2 aliphatic rings. The summed E-state index contributed by atoms with van der Waals surface area (Å²) in [6.45, 7) is 0.284. The average molecular weight is 537 g/mol. The summed E-state index contributed by atoms with van der Waals surface area (Å²) in [6, 6.07) is 0.747. The molecule has 0 radical (unpaired) electrons. The standard InChI is InChI=1S/C22H21F6N3O4S/c1-36(33,34)19-9-13(23)17(8-14(19)24)35-18-11-30(6-4-16(18)31-5-2-3-20(31)32)21-15(25)7-12(10-29-21)22(26,27)28/h7-10,16,18H,2-6,11H2,1H3/t16?,18-/m1/s1. The summed E-state index contributed by atoms with van der Waals surface area (Å²) in [5, 5.41) is 0. The van der Waals surface area contributed by atoms with Crippen molar-refractivity contribution >= 4 is 21.6 Å². The van der Waals surface area contributed by atoms with Crippen molar-refractivity contribution in [2.45, 2.75) is 42.5 Å². The Morgan fingerprint density at radius 2 is 1.78 bits per heavy atom. The van der Waals surface area contributed by atoms with Crippen LogP contribution in [0.3, 0.4) is 0 Å². The summed E-state index contributed by atoms with van der Waals surface area (Å²) >= 11 is 0. The maximum Gasteiger partial charge on any atom is 0.417 e. The largest absolute Gasteiger partial charge is 0.483 e. The van der Waals surface area contributed by atoms with Gasteiger partial charge in [-0.1, -0.05) is 0 Å². The van der Waals surface area contributed by atoms with Gasteiger partial charge in [-0.05, 0) is 25.0 Å². The van der Waals surface area contributed by atoms with Gasteiger partial charge in [-0.25, -0.2) is 26.6 Å². The first kappa shape index (κ1) is 26.0. The van der Waals surface area contributed by atoms with Crippen LogP contribution in [0.1, 0.15) is 24.8 Å². The van der Waals surface area contributed by atoms with E-state index in [9.17, 15) is 39.6 Å². The minimum atomic E-state index is -4.79. The third-order valence-corrected chi connectivity index (χ3v) is 7.26. The van der Waals surface area contributed by atoms with Gasteiger partial charge in [0, 0.05) is 38.0 Å². The van der Waals surface area contributed by atoms with Crippen LogP contribution in [0.4, 0.5) is 32.2 Å². The Balaban J connectivity index is 1.65. The Labute approximate surface area is 202 Å². The predicted molar refractivity (Wildman–Crippen MR) is 115 cm³/mol. The van der Waals surface area contributed by atoms with Gasteiger partial charge in [-0.3, -0.25) is 4.79 Å². The van der Waals surface area contributed by atoms with E-state index in [1.165, 1.54) is 9.80 Å². The number of sulfone groups is 1. The number of nitrogens with zero attached hydrogens (tertiary/aromatic N) is 3. The predicted octanol–water partition coefficient (Wildman–Crippen LogP) is 3.57. The highest BCUT2D eigenvalue weighted by atomic mass is 32.2. The second-order valence-corrected chi connectivity index (χ2v) is 10.6. The van der Waals surface area contributed by atoms with Crippen LogP contribution in [-0.2, 0) is 20.8 Å². The first-order valence-corrected chi connectivity index (χ1v) is 12.8. The van der Waals surface area contributed by atoms with E-state index < -0.39 is 61.8 Å². The van der Waals surface area contributed by atoms with E-state index in [1.54, 1.807) is 0 Å². The fraction of sp³-hybridized carbons (Fsp3) is 0.455. The molecule has 2 aromatic rings.